The van der Waals surface area contributed by atoms with Crippen LogP contribution in [0, 0.1) is 28.5 Å². The number of hydrogen-bond acceptors (Lipinski definition) is 3. The lowest BCUT2D eigenvalue weighted by molar-refractivity contribution is -0.128. The fourth-order valence-corrected chi connectivity index (χ4v) is 5.49. The van der Waals surface area contributed by atoms with Crippen molar-refractivity contribution in [1.29, 1.82) is 5.26 Å². The van der Waals surface area contributed by atoms with E-state index in [1.54, 1.807) is 36.4 Å². The van der Waals surface area contributed by atoms with Crippen molar-refractivity contribution < 1.29 is 9.18 Å². The Kier molecular flexibility index (Phi) is 4.94. The van der Waals surface area contributed by atoms with Crippen LogP contribution in [0.4, 0.5) is 10.1 Å². The molecule has 5 heteroatoms. The van der Waals surface area contributed by atoms with Gasteiger partial charge in [-0.25, -0.2) is 4.39 Å². The quantitative estimate of drug-likeness (QED) is 0.578. The summed E-state index contributed by atoms with van der Waals surface area (Å²) in [7, 11) is 0. The molecule has 2 saturated carbocycles. The average molecular weight is 413 g/mol. The van der Waals surface area contributed by atoms with Crippen molar-refractivity contribution in [3.8, 4) is 6.07 Å². The van der Waals surface area contributed by atoms with Crippen molar-refractivity contribution in [2.45, 2.75) is 44.4 Å². The maximum Gasteiger partial charge on any atom is 0.227 e. The third-order valence-corrected chi connectivity index (χ3v) is 7.23. The summed E-state index contributed by atoms with van der Waals surface area (Å²) >= 11 is 0. The van der Waals surface area contributed by atoms with E-state index < -0.39 is 0 Å². The first-order valence-electron chi connectivity index (χ1n) is 10.9. The number of carbonyl (C=O) groups excluding carboxylic acids is 1. The summed E-state index contributed by atoms with van der Waals surface area (Å²) in [4.78, 5) is 17.0. The van der Waals surface area contributed by atoms with Crippen LogP contribution >= 0.6 is 0 Å². The van der Waals surface area contributed by atoms with Gasteiger partial charge in [0.05, 0.1) is 17.1 Å². The first-order chi connectivity index (χ1) is 15.0. The van der Waals surface area contributed by atoms with E-state index in [1.807, 2.05) is 12.3 Å². The summed E-state index contributed by atoms with van der Waals surface area (Å²) in [6, 6.07) is 15.9. The van der Waals surface area contributed by atoms with Crippen LogP contribution in [0.5, 0.6) is 0 Å². The molecule has 0 saturated heterocycles. The molecule has 1 spiro atoms. The second-order valence-corrected chi connectivity index (χ2v) is 9.12. The minimum atomic E-state index is -0.218. The molecule has 2 aromatic carbocycles. The van der Waals surface area contributed by atoms with Crippen LogP contribution in [-0.4, -0.2) is 10.9 Å². The van der Waals surface area contributed by atoms with Crippen LogP contribution in [0.15, 0.2) is 54.7 Å². The van der Waals surface area contributed by atoms with E-state index in [0.29, 0.717) is 11.5 Å². The van der Waals surface area contributed by atoms with Gasteiger partial charge in [-0.15, -0.1) is 0 Å². The Hall–Kier alpha value is -3.26. The molecule has 3 aromatic rings. The Balaban J connectivity index is 1.20. The first-order valence-corrected chi connectivity index (χ1v) is 10.9. The van der Waals surface area contributed by atoms with Crippen molar-refractivity contribution in [1.82, 2.24) is 4.98 Å². The maximum atomic E-state index is 13.8. The molecule has 0 bridgehead atoms. The number of aromatic nitrogens is 1. The van der Waals surface area contributed by atoms with E-state index in [4.69, 9.17) is 5.26 Å². The Morgan fingerprint density at radius 3 is 2.55 bits per heavy atom. The molecule has 5 rings (SSSR count). The summed E-state index contributed by atoms with van der Waals surface area (Å²) in [5.74, 6) is 0.338. The fraction of sp³-hybridized carbons (Fsp3) is 0.346. The number of nitriles is 1. The highest BCUT2D eigenvalue weighted by molar-refractivity contribution is 5.93. The highest BCUT2D eigenvalue weighted by Gasteiger charge is 2.48. The number of rotatable bonds is 3. The molecule has 0 radical (unpaired) electrons. The number of halogens is 1. The third-order valence-electron chi connectivity index (χ3n) is 7.23. The molecule has 2 aliphatic carbocycles. The Bertz CT molecular complexity index is 1170. The molecule has 1 aromatic heterocycles. The molecule has 2 fully saturated rings. The summed E-state index contributed by atoms with van der Waals surface area (Å²) in [6.07, 6.45) is 8.06. The van der Waals surface area contributed by atoms with Crippen LogP contribution in [0.2, 0.25) is 0 Å². The van der Waals surface area contributed by atoms with E-state index in [1.165, 1.54) is 11.6 Å². The first kappa shape index (κ1) is 19.7. The smallest absolute Gasteiger partial charge is 0.227 e. The molecular formula is C26H24FN3O. The highest BCUT2D eigenvalue weighted by Crippen LogP contribution is 2.57. The highest BCUT2D eigenvalue weighted by atomic mass is 19.1. The number of hydrogen-bond donors (Lipinski definition) is 1. The van der Waals surface area contributed by atoms with Crippen LogP contribution in [0.1, 0.15) is 55.6 Å². The lowest BCUT2D eigenvalue weighted by atomic mass is 9.54. The fourth-order valence-electron chi connectivity index (χ4n) is 5.49. The molecule has 2 aliphatic rings. The number of nitrogens with one attached hydrogen (secondary N) is 1. The molecule has 156 valence electrons. The minimum absolute atomic E-state index is 0.0584. The van der Waals surface area contributed by atoms with Gasteiger partial charge in [-0.1, -0.05) is 0 Å². The Morgan fingerprint density at radius 2 is 1.84 bits per heavy atom. The van der Waals surface area contributed by atoms with E-state index >= 15 is 0 Å². The van der Waals surface area contributed by atoms with Crippen LogP contribution in [-0.2, 0) is 4.79 Å². The summed E-state index contributed by atoms with van der Waals surface area (Å²) < 4.78 is 13.8. The van der Waals surface area contributed by atoms with Crippen molar-refractivity contribution >= 4 is 22.5 Å². The number of amides is 1. The van der Waals surface area contributed by atoms with E-state index in [-0.39, 0.29) is 23.1 Å². The van der Waals surface area contributed by atoms with Gasteiger partial charge in [0.15, 0.2) is 0 Å². The van der Waals surface area contributed by atoms with Gasteiger partial charge in [0.25, 0.3) is 0 Å². The lowest BCUT2D eigenvalue weighted by Crippen LogP contribution is -2.45. The number of benzene rings is 2. The van der Waals surface area contributed by atoms with Gasteiger partial charge in [0.1, 0.15) is 5.82 Å². The standard InChI is InChI=1S/C26H24FN3O/c27-20-3-6-24-23(13-20)22(9-12-29-24)18-7-10-26(11-8-18)14-19(15-26)25(31)30-21-4-1-17(16-28)2-5-21/h1-6,9,12-13,18-19H,7-8,10-11,14-15H2,(H,30,31). The monoisotopic (exact) mass is 413 g/mol. The van der Waals surface area contributed by atoms with Crippen molar-refractivity contribution in [3.63, 3.8) is 0 Å². The number of fused-ring (bicyclic) bond motifs is 1. The molecule has 31 heavy (non-hydrogen) atoms. The number of nitrogens with zero attached hydrogens (tertiary/aromatic N) is 2. The predicted molar refractivity (Wildman–Crippen MR) is 118 cm³/mol. The summed E-state index contributed by atoms with van der Waals surface area (Å²) in [5.41, 5.74) is 3.65. The molecule has 0 unspecified atom stereocenters. The van der Waals surface area contributed by atoms with Gasteiger partial charge in [0, 0.05) is 23.2 Å². The van der Waals surface area contributed by atoms with Gasteiger partial charge in [0.2, 0.25) is 5.91 Å². The van der Waals surface area contributed by atoms with Gasteiger partial charge in [-0.2, -0.15) is 5.26 Å². The SMILES string of the molecule is N#Cc1ccc(NC(=O)C2CC3(CCC(c4ccnc5ccc(F)cc45)CC3)C2)cc1. The Labute approximate surface area is 181 Å². The average Bonchev–Trinajstić information content (AvgIpc) is 2.77. The zero-order valence-electron chi connectivity index (χ0n) is 17.3. The van der Waals surface area contributed by atoms with Crippen LogP contribution in [0.3, 0.4) is 0 Å². The zero-order chi connectivity index (χ0) is 21.4. The molecule has 4 nitrogen and oxygen atoms in total. The molecule has 1 amide bonds. The van der Waals surface area contributed by atoms with Gasteiger partial charge >= 0.3 is 0 Å². The molecular weight excluding hydrogens is 389 g/mol. The second-order valence-electron chi connectivity index (χ2n) is 9.12. The normalized spacial score (nSPS) is 25.0. The van der Waals surface area contributed by atoms with Gasteiger partial charge in [-0.05, 0) is 104 Å². The molecule has 0 atom stereocenters. The molecule has 1 heterocycles. The number of anilines is 1. The summed E-state index contributed by atoms with van der Waals surface area (Å²) in [5, 5.41) is 12.8. The molecule has 0 aliphatic heterocycles. The minimum Gasteiger partial charge on any atom is -0.326 e. The zero-order valence-corrected chi connectivity index (χ0v) is 17.3. The maximum absolute atomic E-state index is 13.8. The van der Waals surface area contributed by atoms with Crippen LogP contribution < -0.4 is 5.32 Å². The predicted octanol–water partition coefficient (Wildman–Crippen LogP) is 5.94. The van der Waals surface area contributed by atoms with E-state index in [9.17, 15) is 9.18 Å². The lowest BCUT2D eigenvalue weighted by Gasteiger charge is -2.51. The van der Waals surface area contributed by atoms with Crippen molar-refractivity contribution in [3.05, 3.63) is 71.7 Å². The van der Waals surface area contributed by atoms with E-state index in [2.05, 4.69) is 16.4 Å². The van der Waals surface area contributed by atoms with Crippen molar-refractivity contribution in [2.75, 3.05) is 5.32 Å². The number of pyridine rings is 1. The van der Waals surface area contributed by atoms with E-state index in [0.717, 1.165) is 55.1 Å². The Morgan fingerprint density at radius 1 is 1.10 bits per heavy atom. The third kappa shape index (κ3) is 3.79. The molecule has 1 N–H and O–H groups in total. The largest absolute Gasteiger partial charge is 0.326 e. The van der Waals surface area contributed by atoms with Crippen LogP contribution in [0.25, 0.3) is 10.9 Å². The van der Waals surface area contributed by atoms with Gasteiger partial charge in [-0.3, -0.25) is 9.78 Å². The van der Waals surface area contributed by atoms with Crippen molar-refractivity contribution in [2.24, 2.45) is 11.3 Å². The topological polar surface area (TPSA) is 65.8 Å². The summed E-state index contributed by atoms with van der Waals surface area (Å²) in [6.45, 7) is 0. The number of carbonyl (C=O) groups is 1. The second kappa shape index (κ2) is 7.77. The van der Waals surface area contributed by atoms with Gasteiger partial charge < -0.3 is 5.32 Å².